The summed E-state index contributed by atoms with van der Waals surface area (Å²) in [6.45, 7) is 0. The molecule has 0 nitrogen and oxygen atoms in total. The maximum absolute atomic E-state index is 3.87. The van der Waals surface area contributed by atoms with Crippen molar-refractivity contribution >= 4 is 12.2 Å². The van der Waals surface area contributed by atoms with Gasteiger partial charge in [0.15, 0.2) is 0 Å². The predicted octanol–water partition coefficient (Wildman–Crippen LogP) is 9.07. The van der Waals surface area contributed by atoms with Crippen molar-refractivity contribution in [3.8, 4) is 33.4 Å². The summed E-state index contributed by atoms with van der Waals surface area (Å²) in [6.07, 6.45) is 4.21. The second-order valence-electron chi connectivity index (χ2n) is 10.2. The Kier molecular flexibility index (Phi) is 6.03. The Morgan fingerprint density at radius 1 is 0.375 bits per heavy atom. The Morgan fingerprint density at radius 2 is 0.775 bits per heavy atom. The van der Waals surface area contributed by atoms with Gasteiger partial charge in [0.1, 0.15) is 0 Å². The van der Waals surface area contributed by atoms with Crippen molar-refractivity contribution in [1.29, 1.82) is 0 Å². The molecule has 2 aliphatic carbocycles. The van der Waals surface area contributed by atoms with E-state index < -0.39 is 5.41 Å². The van der Waals surface area contributed by atoms with Crippen LogP contribution in [0.4, 0.5) is 0 Å². The normalized spacial score (nSPS) is 14.2. The third-order valence-electron chi connectivity index (χ3n) is 8.01. The van der Waals surface area contributed by atoms with E-state index in [1.54, 1.807) is 0 Å². The van der Waals surface area contributed by atoms with Crippen molar-refractivity contribution in [3.63, 3.8) is 0 Å². The van der Waals surface area contributed by atoms with Crippen LogP contribution in [0.5, 0.6) is 0 Å². The monoisotopic (exact) mass is 685 g/mol. The SMILES string of the molecule is [Pt+4].[c-]1c2cccc1-c1[c-]c(ccc1)C1(c3[c-]c(ccc3)-c3[c-]c(ccc3)/C=C\2)c2ccccc2-c2ccccc21. The van der Waals surface area contributed by atoms with Crippen LogP contribution in [0.2, 0.25) is 0 Å². The minimum Gasteiger partial charge on any atom is -0.209 e. The summed E-state index contributed by atoms with van der Waals surface area (Å²) < 4.78 is 0. The van der Waals surface area contributed by atoms with E-state index in [4.69, 9.17) is 0 Å². The number of hydrogen-bond acceptors (Lipinski definition) is 0. The summed E-state index contributed by atoms with van der Waals surface area (Å²) in [6, 6.07) is 58.2. The van der Waals surface area contributed by atoms with Gasteiger partial charge in [-0.05, 0) is 22.3 Å². The van der Waals surface area contributed by atoms with E-state index in [0.717, 1.165) is 44.5 Å². The molecule has 0 aliphatic heterocycles. The number of fused-ring (bicyclic) bond motifs is 17. The topological polar surface area (TPSA) is 0 Å². The molecule has 8 bridgehead atoms. The summed E-state index contributed by atoms with van der Waals surface area (Å²) in [4.78, 5) is 0. The molecule has 1 spiro atoms. The summed E-state index contributed by atoms with van der Waals surface area (Å²) >= 11 is 0. The van der Waals surface area contributed by atoms with Gasteiger partial charge < -0.3 is 0 Å². The van der Waals surface area contributed by atoms with Gasteiger partial charge in [0.2, 0.25) is 0 Å². The quantitative estimate of drug-likeness (QED) is 0.140. The first-order chi connectivity index (χ1) is 19.3. The van der Waals surface area contributed by atoms with Gasteiger partial charge in [-0.25, -0.2) is 11.1 Å². The van der Waals surface area contributed by atoms with Crippen LogP contribution in [0.25, 0.3) is 45.5 Å². The Morgan fingerprint density at radius 3 is 1.25 bits per heavy atom. The molecule has 0 saturated heterocycles. The first-order valence-electron chi connectivity index (χ1n) is 13.3. The molecule has 2 aliphatic rings. The Labute approximate surface area is 249 Å². The van der Waals surface area contributed by atoms with E-state index in [1.165, 1.54) is 22.3 Å². The van der Waals surface area contributed by atoms with Crippen LogP contribution in [0, 0.1) is 24.3 Å². The molecule has 6 aromatic rings. The molecule has 0 heterocycles. The molecule has 0 unspecified atom stereocenters. The number of hydrogen-bond donors (Lipinski definition) is 0. The third-order valence-corrected chi connectivity index (χ3v) is 8.01. The van der Waals surface area contributed by atoms with Gasteiger partial charge in [-0.3, -0.25) is 0 Å². The Bertz CT molecular complexity index is 1790. The number of benzene rings is 6. The van der Waals surface area contributed by atoms with E-state index >= 15 is 0 Å². The second kappa shape index (κ2) is 9.74. The summed E-state index contributed by atoms with van der Waals surface area (Å²) in [5, 5.41) is 0. The van der Waals surface area contributed by atoms with Crippen LogP contribution >= 0.6 is 0 Å². The van der Waals surface area contributed by atoms with Crippen molar-refractivity contribution < 1.29 is 21.1 Å². The van der Waals surface area contributed by atoms with Crippen LogP contribution in [-0.4, -0.2) is 0 Å². The smallest absolute Gasteiger partial charge is 0.209 e. The fraction of sp³-hybridized carbons (Fsp3) is 0.0256. The molecule has 0 radical (unpaired) electrons. The van der Waals surface area contributed by atoms with E-state index in [9.17, 15) is 0 Å². The average molecular weight is 686 g/mol. The molecular formula is C39H22Pt. The molecule has 0 fully saturated rings. The van der Waals surface area contributed by atoms with Crippen LogP contribution in [0.15, 0.2) is 121 Å². The zero-order chi connectivity index (χ0) is 25.8. The van der Waals surface area contributed by atoms with Crippen LogP contribution in [0.1, 0.15) is 33.4 Å². The fourth-order valence-corrected chi connectivity index (χ4v) is 6.31. The standard InChI is InChI=1S/C39H22.Pt/c1-3-19-37-35(17-1)36-18-2-4-20-38(36)39(37)33-15-7-13-31(25-33)29-11-5-9-27(23-29)21-22-28-10-6-12-30(24-28)32-14-8-16-34(39)26-32;/h1-22H;/q-4;+4/b22-21-;. The molecule has 0 atom stereocenters. The summed E-state index contributed by atoms with van der Waals surface area (Å²) in [5.74, 6) is 0. The maximum atomic E-state index is 3.87. The van der Waals surface area contributed by atoms with Gasteiger partial charge in [-0.2, -0.15) is 83.9 Å². The van der Waals surface area contributed by atoms with Crippen LogP contribution in [-0.2, 0) is 26.5 Å². The zero-order valence-electron chi connectivity index (χ0n) is 21.5. The average Bonchev–Trinajstić information content (AvgIpc) is 3.31. The minimum atomic E-state index is -0.563. The second-order valence-corrected chi connectivity index (χ2v) is 10.2. The first kappa shape index (κ1) is 24.8. The summed E-state index contributed by atoms with van der Waals surface area (Å²) in [7, 11) is 0. The van der Waals surface area contributed by atoms with Gasteiger partial charge in [-0.1, -0.05) is 48.5 Å². The van der Waals surface area contributed by atoms with Crippen molar-refractivity contribution in [2.24, 2.45) is 0 Å². The molecule has 0 amide bonds. The predicted molar refractivity (Wildman–Crippen MR) is 159 cm³/mol. The molecular weight excluding hydrogens is 664 g/mol. The maximum Gasteiger partial charge on any atom is 4.00 e. The van der Waals surface area contributed by atoms with E-state index in [0.29, 0.717) is 0 Å². The van der Waals surface area contributed by atoms with Crippen molar-refractivity contribution in [1.82, 2.24) is 0 Å². The minimum absolute atomic E-state index is 0. The van der Waals surface area contributed by atoms with E-state index in [1.807, 2.05) is 0 Å². The van der Waals surface area contributed by atoms with Crippen LogP contribution in [0.3, 0.4) is 0 Å². The molecule has 188 valence electrons. The van der Waals surface area contributed by atoms with Crippen molar-refractivity contribution in [2.75, 3.05) is 0 Å². The molecule has 0 saturated carbocycles. The third kappa shape index (κ3) is 3.71. The molecule has 40 heavy (non-hydrogen) atoms. The molecule has 1 heteroatoms. The van der Waals surface area contributed by atoms with Gasteiger partial charge in [0.25, 0.3) is 0 Å². The molecule has 8 rings (SSSR count). The largest absolute Gasteiger partial charge is 4.00 e. The van der Waals surface area contributed by atoms with E-state index in [2.05, 4.69) is 158 Å². The van der Waals surface area contributed by atoms with Gasteiger partial charge in [0.05, 0.1) is 0 Å². The molecule has 6 aromatic carbocycles. The summed E-state index contributed by atoms with van der Waals surface area (Å²) in [5.41, 5.74) is 12.8. The molecule has 0 N–H and O–H groups in total. The van der Waals surface area contributed by atoms with Crippen molar-refractivity contribution in [3.05, 3.63) is 179 Å². The van der Waals surface area contributed by atoms with Gasteiger partial charge in [-0.15, -0.1) is 58.7 Å². The van der Waals surface area contributed by atoms with Gasteiger partial charge in [0, 0.05) is 5.41 Å². The van der Waals surface area contributed by atoms with Crippen molar-refractivity contribution in [2.45, 2.75) is 5.41 Å². The molecule has 0 aromatic heterocycles. The fourth-order valence-electron chi connectivity index (χ4n) is 6.31. The number of rotatable bonds is 0. The van der Waals surface area contributed by atoms with Crippen LogP contribution < -0.4 is 0 Å². The Balaban J connectivity index is 0.00000264. The Hall–Kier alpha value is -4.25. The zero-order valence-corrected chi connectivity index (χ0v) is 23.8. The van der Waals surface area contributed by atoms with Gasteiger partial charge >= 0.3 is 21.1 Å². The van der Waals surface area contributed by atoms with E-state index in [-0.39, 0.29) is 21.1 Å². The first-order valence-corrected chi connectivity index (χ1v) is 13.3.